The molecule has 1 nitrogen and oxygen atoms in total. The van der Waals surface area contributed by atoms with Gasteiger partial charge < -0.3 is 0 Å². The highest BCUT2D eigenvalue weighted by atomic mass is 80.0. The minimum atomic E-state index is -0.499. The van der Waals surface area contributed by atoms with Crippen molar-refractivity contribution < 1.29 is 0 Å². The van der Waals surface area contributed by atoms with Crippen LogP contribution in [0.3, 0.4) is 0 Å². The van der Waals surface area contributed by atoms with Crippen LogP contribution >= 0.6 is 118 Å². The Balaban J connectivity index is 2.09. The number of aromatic nitrogens is 1. The van der Waals surface area contributed by atoms with E-state index in [0.717, 1.165) is 21.7 Å². The topological polar surface area (TPSA) is 12.9 Å². The molecule has 3 rings (SSSR count). The summed E-state index contributed by atoms with van der Waals surface area (Å²) in [5.74, 6) is 0. The van der Waals surface area contributed by atoms with Gasteiger partial charge in [-0.1, -0.05) is 95.6 Å². The number of aryl methyl sites for hydroxylation is 1. The normalized spacial score (nSPS) is 12.6. The fraction of sp³-hybridized carbons (Fsp3) is 0.188. The van der Waals surface area contributed by atoms with E-state index in [0.29, 0.717) is 0 Å². The first-order valence-corrected chi connectivity index (χ1v) is 13.3. The highest BCUT2D eigenvalue weighted by Gasteiger charge is 2.28. The number of hydrogen-bond donors (Lipinski definition) is 0. The van der Waals surface area contributed by atoms with Crippen molar-refractivity contribution in [1.29, 1.82) is 0 Å². The fourth-order valence-corrected chi connectivity index (χ4v) is 5.39. The Kier molecular flexibility index (Phi) is 6.81. The number of nitrogens with zero attached hydrogens (tertiary/aromatic N) is 1. The quantitative estimate of drug-likeness (QED) is 0.238. The van der Waals surface area contributed by atoms with Gasteiger partial charge in [0.05, 0.1) is 4.88 Å². The molecule has 0 saturated carbocycles. The van der Waals surface area contributed by atoms with E-state index in [1.54, 1.807) is 22.7 Å². The third-order valence-corrected chi connectivity index (χ3v) is 8.31. The van der Waals surface area contributed by atoms with Crippen LogP contribution in [-0.4, -0.2) is 4.98 Å². The summed E-state index contributed by atoms with van der Waals surface area (Å²) in [5.41, 5.74) is 3.13. The molecule has 0 saturated heterocycles. The highest BCUT2D eigenvalue weighted by molar-refractivity contribution is 9.39. The largest absolute Gasteiger partial charge is 0.244 e. The van der Waals surface area contributed by atoms with E-state index in [2.05, 4.69) is 138 Å². The summed E-state index contributed by atoms with van der Waals surface area (Å²) in [4.78, 5) is 8.40. The molecule has 0 spiro atoms. The van der Waals surface area contributed by atoms with E-state index >= 15 is 0 Å². The molecule has 132 valence electrons. The first-order chi connectivity index (χ1) is 11.5. The van der Waals surface area contributed by atoms with Crippen LogP contribution in [0.5, 0.6) is 0 Å². The second-order valence-corrected chi connectivity index (χ2v) is 21.1. The molecule has 0 atom stereocenters. The summed E-state index contributed by atoms with van der Waals surface area (Å²) in [5, 5.41) is 0.984. The van der Waals surface area contributed by atoms with Gasteiger partial charge in [0, 0.05) is 21.5 Å². The van der Waals surface area contributed by atoms with Crippen molar-refractivity contribution in [3.05, 3.63) is 52.5 Å². The van der Waals surface area contributed by atoms with Crippen molar-refractivity contribution in [3.8, 4) is 20.3 Å². The average molecular weight is 759 g/mol. The van der Waals surface area contributed by atoms with E-state index < -0.39 is 4.29 Å². The third kappa shape index (κ3) is 5.28. The minimum absolute atomic E-state index is 0.499. The zero-order valence-electron chi connectivity index (χ0n) is 12.5. The molecule has 3 aromatic rings. The van der Waals surface area contributed by atoms with Crippen molar-refractivity contribution >= 4 is 118 Å². The standard InChI is InChI=1S/C16H9Br6NS2/c1-8-2-3-12(24-8)13-7-23-14(25-13)9-4-10(15(17,18)19)6-11(5-9)16(20,21)22/h2-7H,1H3. The predicted molar refractivity (Wildman–Crippen MR) is 133 cm³/mol. The third-order valence-electron chi connectivity index (χ3n) is 3.32. The molecule has 2 heterocycles. The van der Waals surface area contributed by atoms with Crippen molar-refractivity contribution in [1.82, 2.24) is 4.98 Å². The van der Waals surface area contributed by atoms with Gasteiger partial charge in [-0.25, -0.2) is 4.98 Å². The van der Waals surface area contributed by atoms with Crippen LogP contribution in [0.4, 0.5) is 0 Å². The van der Waals surface area contributed by atoms with E-state index in [-0.39, 0.29) is 0 Å². The lowest BCUT2D eigenvalue weighted by Crippen LogP contribution is -2.04. The zero-order chi connectivity index (χ0) is 18.4. The van der Waals surface area contributed by atoms with Gasteiger partial charge in [-0.2, -0.15) is 0 Å². The molecule has 25 heavy (non-hydrogen) atoms. The van der Waals surface area contributed by atoms with Crippen LogP contribution in [0, 0.1) is 6.92 Å². The van der Waals surface area contributed by atoms with Gasteiger partial charge in [0.25, 0.3) is 0 Å². The molecule has 0 aliphatic heterocycles. The summed E-state index contributed by atoms with van der Waals surface area (Å²) < 4.78 is -0.998. The molecule has 0 aliphatic rings. The van der Waals surface area contributed by atoms with Gasteiger partial charge in [0.2, 0.25) is 0 Å². The highest BCUT2D eigenvalue weighted by Crippen LogP contribution is 2.50. The molecular formula is C16H9Br6NS2. The number of alkyl halides is 6. The molecule has 0 N–H and O–H groups in total. The molecule has 0 unspecified atom stereocenters. The van der Waals surface area contributed by atoms with Gasteiger partial charge in [0.1, 0.15) is 5.01 Å². The molecule has 0 fully saturated rings. The van der Waals surface area contributed by atoms with E-state index in [4.69, 9.17) is 0 Å². The molecule has 0 radical (unpaired) electrons. The van der Waals surface area contributed by atoms with Gasteiger partial charge in [0.15, 0.2) is 4.29 Å². The van der Waals surface area contributed by atoms with Crippen LogP contribution in [-0.2, 0) is 4.29 Å². The first-order valence-electron chi connectivity index (χ1n) is 6.86. The van der Waals surface area contributed by atoms with Crippen molar-refractivity contribution in [2.24, 2.45) is 0 Å². The lowest BCUT2D eigenvalue weighted by molar-refractivity contribution is 1.28. The number of thiazole rings is 1. The number of halogens is 6. The Morgan fingerprint density at radius 3 is 1.88 bits per heavy atom. The van der Waals surface area contributed by atoms with Crippen LogP contribution in [0.15, 0.2) is 36.5 Å². The molecule has 0 amide bonds. The number of thiophene rings is 1. The first kappa shape index (κ1) is 21.1. The lowest BCUT2D eigenvalue weighted by Gasteiger charge is -2.19. The number of benzene rings is 1. The van der Waals surface area contributed by atoms with Crippen LogP contribution in [0.25, 0.3) is 20.3 Å². The van der Waals surface area contributed by atoms with Crippen molar-refractivity contribution in [2.45, 2.75) is 11.2 Å². The maximum atomic E-state index is 4.65. The Labute approximate surface area is 204 Å². The van der Waals surface area contributed by atoms with Gasteiger partial charge >= 0.3 is 0 Å². The summed E-state index contributed by atoms with van der Waals surface area (Å²) >= 11 is 25.2. The lowest BCUT2D eigenvalue weighted by atomic mass is 10.1. The Morgan fingerprint density at radius 2 is 1.40 bits per heavy atom. The fourth-order valence-electron chi connectivity index (χ4n) is 2.17. The van der Waals surface area contributed by atoms with E-state index in [1.807, 2.05) is 6.20 Å². The molecule has 0 bridgehead atoms. The van der Waals surface area contributed by atoms with Crippen LogP contribution < -0.4 is 0 Å². The Morgan fingerprint density at radius 1 is 0.800 bits per heavy atom. The maximum absolute atomic E-state index is 4.65. The van der Waals surface area contributed by atoms with E-state index in [9.17, 15) is 0 Å². The maximum Gasteiger partial charge on any atom is 0.159 e. The smallest absolute Gasteiger partial charge is 0.159 e. The van der Waals surface area contributed by atoms with Gasteiger partial charge in [-0.15, -0.1) is 22.7 Å². The molecule has 2 aromatic heterocycles. The molecular weight excluding hydrogens is 750 g/mol. The molecule has 0 aliphatic carbocycles. The second-order valence-electron chi connectivity index (χ2n) is 5.23. The van der Waals surface area contributed by atoms with Gasteiger partial charge in [-0.3, -0.25) is 0 Å². The minimum Gasteiger partial charge on any atom is -0.244 e. The summed E-state index contributed by atoms with van der Waals surface area (Å²) in [7, 11) is 0. The van der Waals surface area contributed by atoms with E-state index in [1.165, 1.54) is 14.6 Å². The van der Waals surface area contributed by atoms with Crippen molar-refractivity contribution in [3.63, 3.8) is 0 Å². The van der Waals surface area contributed by atoms with Crippen LogP contribution in [0.1, 0.15) is 16.0 Å². The zero-order valence-corrected chi connectivity index (χ0v) is 23.6. The Bertz CT molecular complexity index is 872. The number of rotatable bonds is 2. The van der Waals surface area contributed by atoms with Crippen LogP contribution in [0.2, 0.25) is 0 Å². The van der Waals surface area contributed by atoms with Gasteiger partial charge in [-0.05, 0) is 48.4 Å². The summed E-state index contributed by atoms with van der Waals surface area (Å²) in [6, 6.07) is 10.6. The Hall–Kier alpha value is 1.43. The second kappa shape index (κ2) is 8.05. The SMILES string of the molecule is Cc1ccc(-c2cnc(-c3cc(C(Br)(Br)Br)cc(C(Br)(Br)Br)c3)s2)s1. The summed E-state index contributed by atoms with van der Waals surface area (Å²) in [6.45, 7) is 2.12. The predicted octanol–water partition coefficient (Wildman–Crippen LogP) is 9.44. The monoisotopic (exact) mass is 753 g/mol. The average Bonchev–Trinajstić information content (AvgIpc) is 3.13. The number of hydrogen-bond acceptors (Lipinski definition) is 3. The molecule has 9 heteroatoms. The molecule has 1 aromatic carbocycles. The summed E-state index contributed by atoms with van der Waals surface area (Å²) in [6.07, 6.45) is 1.95. The van der Waals surface area contributed by atoms with Crippen molar-refractivity contribution in [2.75, 3.05) is 0 Å².